The van der Waals surface area contributed by atoms with Gasteiger partial charge in [-0.3, -0.25) is 9.69 Å². The van der Waals surface area contributed by atoms with E-state index in [1.54, 1.807) is 11.0 Å². The molecule has 8 heteroatoms. The van der Waals surface area contributed by atoms with Gasteiger partial charge in [0.2, 0.25) is 0 Å². The van der Waals surface area contributed by atoms with E-state index < -0.39 is 12.1 Å². The lowest BCUT2D eigenvalue weighted by molar-refractivity contribution is -0.0196. The summed E-state index contributed by atoms with van der Waals surface area (Å²) in [4.78, 5) is 26.3. The van der Waals surface area contributed by atoms with Gasteiger partial charge in [0.15, 0.2) is 11.5 Å². The van der Waals surface area contributed by atoms with Gasteiger partial charge in [-0.05, 0) is 11.5 Å². The summed E-state index contributed by atoms with van der Waals surface area (Å²) in [6.45, 7) is 5.75. The average Bonchev–Trinajstić information content (AvgIpc) is 3.21. The number of carbonyl (C=O) groups is 2. The average molecular weight is 387 g/mol. The number of hydrogen-bond acceptors (Lipinski definition) is 6. The molecule has 1 saturated heterocycles. The number of hydrogen-bond donors (Lipinski definition) is 1. The van der Waals surface area contributed by atoms with Crippen molar-refractivity contribution in [2.24, 2.45) is 5.92 Å². The van der Waals surface area contributed by atoms with Crippen molar-refractivity contribution in [2.75, 3.05) is 26.4 Å². The minimum Gasteiger partial charge on any atom is -0.449 e. The summed E-state index contributed by atoms with van der Waals surface area (Å²) < 4.78 is 16.1. The standard InChI is InChI=1S/C20H25N3O5/c1-14(2)12-27-20(25)23-8-9-26-13-17(23)18-10-16(22-28-18)19(24)21-11-15-6-4-3-5-7-15/h3-7,10,14,17H,8-9,11-13H2,1-2H3,(H,21,24). The Morgan fingerprint density at radius 2 is 2.11 bits per heavy atom. The van der Waals surface area contributed by atoms with Crippen molar-refractivity contribution in [2.45, 2.75) is 26.4 Å². The normalized spacial score (nSPS) is 16.8. The lowest BCUT2D eigenvalue weighted by Crippen LogP contribution is -2.43. The highest BCUT2D eigenvalue weighted by Crippen LogP contribution is 2.25. The number of nitrogens with one attached hydrogen (secondary N) is 1. The van der Waals surface area contributed by atoms with Crippen LogP contribution in [0.5, 0.6) is 0 Å². The van der Waals surface area contributed by atoms with Crippen LogP contribution in [0.3, 0.4) is 0 Å². The number of ether oxygens (including phenoxy) is 2. The molecular weight excluding hydrogens is 362 g/mol. The van der Waals surface area contributed by atoms with E-state index >= 15 is 0 Å². The Morgan fingerprint density at radius 3 is 2.86 bits per heavy atom. The molecule has 150 valence electrons. The van der Waals surface area contributed by atoms with E-state index in [9.17, 15) is 9.59 Å². The van der Waals surface area contributed by atoms with Gasteiger partial charge in [-0.1, -0.05) is 49.3 Å². The van der Waals surface area contributed by atoms with E-state index in [0.717, 1.165) is 5.56 Å². The van der Waals surface area contributed by atoms with Crippen LogP contribution in [-0.2, 0) is 16.0 Å². The smallest absolute Gasteiger partial charge is 0.410 e. The molecular formula is C20H25N3O5. The molecule has 1 N–H and O–H groups in total. The highest BCUT2D eigenvalue weighted by molar-refractivity contribution is 5.92. The Kier molecular flexibility index (Phi) is 6.65. The minimum absolute atomic E-state index is 0.159. The third-order valence-corrected chi connectivity index (χ3v) is 4.29. The van der Waals surface area contributed by atoms with Crippen LogP contribution in [0.4, 0.5) is 4.79 Å². The zero-order valence-corrected chi connectivity index (χ0v) is 16.1. The zero-order valence-electron chi connectivity index (χ0n) is 16.1. The van der Waals surface area contributed by atoms with E-state index in [-0.39, 0.29) is 24.1 Å². The van der Waals surface area contributed by atoms with Gasteiger partial charge >= 0.3 is 6.09 Å². The minimum atomic E-state index is -0.475. The quantitative estimate of drug-likeness (QED) is 0.819. The van der Waals surface area contributed by atoms with Crippen LogP contribution in [0.15, 0.2) is 40.9 Å². The van der Waals surface area contributed by atoms with Crippen molar-refractivity contribution in [3.63, 3.8) is 0 Å². The molecule has 0 spiro atoms. The molecule has 0 saturated carbocycles. The maximum absolute atomic E-state index is 12.4. The monoisotopic (exact) mass is 387 g/mol. The van der Waals surface area contributed by atoms with Crippen LogP contribution < -0.4 is 5.32 Å². The molecule has 1 aromatic heterocycles. The summed E-state index contributed by atoms with van der Waals surface area (Å²) in [5, 5.41) is 6.65. The SMILES string of the molecule is CC(C)COC(=O)N1CCOCC1c1cc(C(=O)NCc2ccccc2)no1. The third kappa shape index (κ3) is 5.10. The van der Waals surface area contributed by atoms with Crippen molar-refractivity contribution in [1.82, 2.24) is 15.4 Å². The summed E-state index contributed by atoms with van der Waals surface area (Å²) in [5.41, 5.74) is 1.14. The van der Waals surface area contributed by atoms with Crippen molar-refractivity contribution in [1.29, 1.82) is 0 Å². The predicted octanol–water partition coefficient (Wildman–Crippen LogP) is 2.77. The molecule has 1 fully saturated rings. The molecule has 8 nitrogen and oxygen atoms in total. The largest absolute Gasteiger partial charge is 0.449 e. The van der Waals surface area contributed by atoms with E-state index in [1.807, 2.05) is 44.2 Å². The van der Waals surface area contributed by atoms with Crippen LogP contribution in [0, 0.1) is 5.92 Å². The Bertz CT molecular complexity index is 790. The molecule has 2 heterocycles. The molecule has 1 aliphatic heterocycles. The van der Waals surface area contributed by atoms with Crippen molar-refractivity contribution >= 4 is 12.0 Å². The first kappa shape index (κ1) is 19.9. The fourth-order valence-corrected chi connectivity index (χ4v) is 2.80. The van der Waals surface area contributed by atoms with Gasteiger partial charge in [-0.2, -0.15) is 0 Å². The zero-order chi connectivity index (χ0) is 19.9. The van der Waals surface area contributed by atoms with E-state index in [4.69, 9.17) is 14.0 Å². The molecule has 3 rings (SSSR count). The molecule has 0 radical (unpaired) electrons. The van der Waals surface area contributed by atoms with Crippen LogP contribution in [0.25, 0.3) is 0 Å². The number of rotatable bonds is 6. The van der Waals surface area contributed by atoms with Gasteiger partial charge in [-0.15, -0.1) is 0 Å². The first-order valence-corrected chi connectivity index (χ1v) is 9.34. The van der Waals surface area contributed by atoms with E-state index in [1.165, 1.54) is 0 Å². The molecule has 0 aliphatic carbocycles. The molecule has 2 aromatic rings. The second kappa shape index (κ2) is 9.36. The van der Waals surface area contributed by atoms with Gasteiger partial charge in [-0.25, -0.2) is 4.79 Å². The first-order valence-electron chi connectivity index (χ1n) is 9.34. The van der Waals surface area contributed by atoms with Crippen LogP contribution >= 0.6 is 0 Å². The lowest BCUT2D eigenvalue weighted by atomic mass is 10.1. The maximum atomic E-state index is 12.4. The number of aromatic nitrogens is 1. The Balaban J connectivity index is 1.63. The molecule has 1 atom stereocenters. The summed E-state index contributed by atoms with van der Waals surface area (Å²) in [6, 6.07) is 10.7. The Morgan fingerprint density at radius 1 is 1.32 bits per heavy atom. The highest BCUT2D eigenvalue weighted by atomic mass is 16.6. The Labute approximate surface area is 163 Å². The summed E-state index contributed by atoms with van der Waals surface area (Å²) in [5.74, 6) is 0.296. The van der Waals surface area contributed by atoms with E-state index in [0.29, 0.717) is 32.1 Å². The van der Waals surface area contributed by atoms with Crippen LogP contribution in [-0.4, -0.2) is 48.4 Å². The van der Waals surface area contributed by atoms with Crippen molar-refractivity contribution in [3.8, 4) is 0 Å². The Hall–Kier alpha value is -2.87. The molecule has 0 bridgehead atoms. The third-order valence-electron chi connectivity index (χ3n) is 4.29. The number of carbonyl (C=O) groups excluding carboxylic acids is 2. The summed E-state index contributed by atoms with van der Waals surface area (Å²) >= 11 is 0. The molecule has 2 amide bonds. The second-order valence-corrected chi connectivity index (χ2v) is 7.04. The van der Waals surface area contributed by atoms with Gasteiger partial charge in [0.05, 0.1) is 19.8 Å². The topological polar surface area (TPSA) is 93.9 Å². The van der Waals surface area contributed by atoms with Gasteiger partial charge in [0.25, 0.3) is 5.91 Å². The summed E-state index contributed by atoms with van der Waals surface area (Å²) in [6.07, 6.45) is -0.423. The van der Waals surface area contributed by atoms with Gasteiger partial charge in [0, 0.05) is 19.2 Å². The predicted molar refractivity (Wildman–Crippen MR) is 101 cm³/mol. The molecule has 1 aliphatic rings. The maximum Gasteiger partial charge on any atom is 0.410 e. The number of amides is 2. The lowest BCUT2D eigenvalue weighted by Gasteiger charge is -2.33. The molecule has 1 unspecified atom stereocenters. The number of morpholine rings is 1. The van der Waals surface area contributed by atoms with Gasteiger partial charge < -0.3 is 19.3 Å². The second-order valence-electron chi connectivity index (χ2n) is 7.04. The molecule has 28 heavy (non-hydrogen) atoms. The van der Waals surface area contributed by atoms with Crippen molar-refractivity contribution < 1.29 is 23.6 Å². The number of benzene rings is 1. The van der Waals surface area contributed by atoms with Crippen molar-refractivity contribution in [3.05, 3.63) is 53.4 Å². The van der Waals surface area contributed by atoms with Gasteiger partial charge in [0.1, 0.15) is 6.04 Å². The summed E-state index contributed by atoms with van der Waals surface area (Å²) in [7, 11) is 0. The number of nitrogens with zero attached hydrogens (tertiary/aromatic N) is 2. The van der Waals surface area contributed by atoms with Crippen LogP contribution in [0.2, 0.25) is 0 Å². The highest BCUT2D eigenvalue weighted by Gasteiger charge is 2.33. The fraction of sp³-hybridized carbons (Fsp3) is 0.450. The van der Waals surface area contributed by atoms with E-state index in [2.05, 4.69) is 10.5 Å². The fourth-order valence-electron chi connectivity index (χ4n) is 2.80. The first-order chi connectivity index (χ1) is 13.5. The molecule has 1 aromatic carbocycles. The van der Waals surface area contributed by atoms with Crippen LogP contribution in [0.1, 0.15) is 41.7 Å².